The van der Waals surface area contributed by atoms with Crippen LogP contribution in [0.4, 0.5) is 0 Å². The van der Waals surface area contributed by atoms with Crippen molar-refractivity contribution in [2.75, 3.05) is 0 Å². The van der Waals surface area contributed by atoms with Crippen LogP contribution in [0, 0.1) is 11.8 Å². The fourth-order valence-electron chi connectivity index (χ4n) is 4.17. The summed E-state index contributed by atoms with van der Waals surface area (Å²) >= 11 is 0. The molecule has 23 heavy (non-hydrogen) atoms. The monoisotopic (exact) mass is 315 g/mol. The molecular formula is C18H25N3O2. The number of carbonyl (C=O) groups excluding carboxylic acids is 2. The van der Waals surface area contributed by atoms with Crippen LogP contribution in [-0.2, 0) is 4.79 Å². The van der Waals surface area contributed by atoms with E-state index in [1.807, 2.05) is 0 Å². The molecule has 4 unspecified atom stereocenters. The summed E-state index contributed by atoms with van der Waals surface area (Å²) in [5.41, 5.74) is 0.638. The lowest BCUT2D eigenvalue weighted by Crippen LogP contribution is -2.55. The van der Waals surface area contributed by atoms with E-state index in [9.17, 15) is 9.59 Å². The number of nitrogens with one attached hydrogen (secondary N) is 2. The molecule has 5 heteroatoms. The molecule has 1 aromatic heterocycles. The summed E-state index contributed by atoms with van der Waals surface area (Å²) in [6.45, 7) is 2.18. The van der Waals surface area contributed by atoms with E-state index in [4.69, 9.17) is 0 Å². The van der Waals surface area contributed by atoms with Crippen molar-refractivity contribution in [3.63, 3.8) is 0 Å². The lowest BCUT2D eigenvalue weighted by atomic mass is 9.70. The fraction of sp³-hybridized carbons (Fsp3) is 0.611. The van der Waals surface area contributed by atoms with Crippen LogP contribution in [0.2, 0.25) is 0 Å². The molecule has 2 aliphatic rings. The van der Waals surface area contributed by atoms with Crippen LogP contribution in [0.3, 0.4) is 0 Å². The maximum absolute atomic E-state index is 12.3. The molecule has 0 bridgehead atoms. The molecule has 0 aromatic carbocycles. The highest BCUT2D eigenvalue weighted by molar-refractivity contribution is 5.94. The highest BCUT2D eigenvalue weighted by Gasteiger charge is 2.40. The van der Waals surface area contributed by atoms with E-state index in [0.29, 0.717) is 23.8 Å². The van der Waals surface area contributed by atoms with Crippen LogP contribution >= 0.6 is 0 Å². The number of nitrogens with zero attached hydrogens (tertiary/aromatic N) is 1. The lowest BCUT2D eigenvalue weighted by molar-refractivity contribution is -0.127. The second kappa shape index (κ2) is 7.11. The van der Waals surface area contributed by atoms with Gasteiger partial charge in [0.25, 0.3) is 5.91 Å². The zero-order chi connectivity index (χ0) is 16.2. The topological polar surface area (TPSA) is 71.1 Å². The van der Waals surface area contributed by atoms with Crippen molar-refractivity contribution in [2.45, 2.75) is 57.5 Å². The van der Waals surface area contributed by atoms with Crippen LogP contribution in [0.1, 0.15) is 55.8 Å². The molecule has 5 nitrogen and oxygen atoms in total. The van der Waals surface area contributed by atoms with Crippen molar-refractivity contribution in [3.05, 3.63) is 30.1 Å². The Labute approximate surface area is 137 Å². The van der Waals surface area contributed by atoms with E-state index in [-0.39, 0.29) is 23.9 Å². The third-order valence-electron chi connectivity index (χ3n) is 5.24. The molecule has 0 spiro atoms. The van der Waals surface area contributed by atoms with E-state index in [0.717, 1.165) is 32.1 Å². The van der Waals surface area contributed by atoms with Crippen molar-refractivity contribution < 1.29 is 9.59 Å². The highest BCUT2D eigenvalue weighted by atomic mass is 16.2. The van der Waals surface area contributed by atoms with E-state index in [1.54, 1.807) is 24.5 Å². The first-order chi connectivity index (χ1) is 11.2. The average Bonchev–Trinajstić information content (AvgIpc) is 2.55. The van der Waals surface area contributed by atoms with Gasteiger partial charge in [-0.15, -0.1) is 0 Å². The third-order valence-corrected chi connectivity index (χ3v) is 5.24. The molecule has 1 aliphatic heterocycles. The van der Waals surface area contributed by atoms with E-state index in [2.05, 4.69) is 22.5 Å². The molecule has 2 amide bonds. The van der Waals surface area contributed by atoms with Crippen LogP contribution < -0.4 is 10.6 Å². The summed E-state index contributed by atoms with van der Waals surface area (Å²) in [4.78, 5) is 28.2. The van der Waals surface area contributed by atoms with Gasteiger partial charge in [-0.25, -0.2) is 0 Å². The molecule has 0 radical (unpaired) electrons. The minimum Gasteiger partial charge on any atom is -0.353 e. The minimum absolute atomic E-state index is 0.0527. The first kappa shape index (κ1) is 16.0. The van der Waals surface area contributed by atoms with Gasteiger partial charge in [-0.1, -0.05) is 13.3 Å². The number of amides is 2. The Bertz CT molecular complexity index is 561. The summed E-state index contributed by atoms with van der Waals surface area (Å²) in [7, 11) is 0. The fourth-order valence-corrected chi connectivity index (χ4v) is 4.17. The van der Waals surface area contributed by atoms with Gasteiger partial charge in [0.05, 0.1) is 0 Å². The van der Waals surface area contributed by atoms with Gasteiger partial charge in [0, 0.05) is 36.5 Å². The zero-order valence-corrected chi connectivity index (χ0v) is 13.6. The van der Waals surface area contributed by atoms with Crippen LogP contribution in [0.15, 0.2) is 24.5 Å². The number of hydrogen-bond donors (Lipinski definition) is 2. The van der Waals surface area contributed by atoms with Gasteiger partial charge in [-0.3, -0.25) is 14.6 Å². The van der Waals surface area contributed by atoms with E-state index in [1.165, 1.54) is 0 Å². The first-order valence-corrected chi connectivity index (χ1v) is 8.67. The summed E-state index contributed by atoms with van der Waals surface area (Å²) in [6, 6.07) is 3.79. The molecule has 1 saturated heterocycles. The molecule has 1 saturated carbocycles. The predicted octanol–water partition coefficient (Wildman–Crippen LogP) is 2.28. The maximum Gasteiger partial charge on any atom is 0.251 e. The Morgan fingerprint density at radius 3 is 2.87 bits per heavy atom. The maximum atomic E-state index is 12.3. The number of fused-ring (bicyclic) bond motifs is 1. The van der Waals surface area contributed by atoms with Gasteiger partial charge in [0.1, 0.15) is 0 Å². The van der Waals surface area contributed by atoms with Gasteiger partial charge in [-0.05, 0) is 49.7 Å². The Hall–Kier alpha value is -1.91. The Balaban J connectivity index is 1.61. The molecule has 1 aromatic rings. The van der Waals surface area contributed by atoms with Gasteiger partial charge < -0.3 is 10.6 Å². The van der Waals surface area contributed by atoms with Crippen molar-refractivity contribution >= 4 is 11.8 Å². The van der Waals surface area contributed by atoms with Crippen LogP contribution in [-0.4, -0.2) is 28.9 Å². The smallest absolute Gasteiger partial charge is 0.251 e. The van der Waals surface area contributed by atoms with Crippen molar-refractivity contribution in [1.82, 2.24) is 15.6 Å². The zero-order valence-electron chi connectivity index (χ0n) is 13.6. The molecule has 124 valence electrons. The number of aromatic nitrogens is 1. The quantitative estimate of drug-likeness (QED) is 0.895. The number of hydrogen-bond acceptors (Lipinski definition) is 3. The number of piperidine rings is 1. The Morgan fingerprint density at radius 1 is 1.35 bits per heavy atom. The highest BCUT2D eigenvalue weighted by Crippen LogP contribution is 2.37. The normalized spacial score (nSPS) is 30.2. The Kier molecular flexibility index (Phi) is 4.94. The van der Waals surface area contributed by atoms with Crippen LogP contribution in [0.5, 0.6) is 0 Å². The second-order valence-electron chi connectivity index (χ2n) is 6.81. The molecule has 2 N–H and O–H groups in total. The second-order valence-corrected chi connectivity index (χ2v) is 6.81. The Morgan fingerprint density at radius 2 is 2.13 bits per heavy atom. The molecular weight excluding hydrogens is 290 g/mol. The van der Waals surface area contributed by atoms with Gasteiger partial charge in [-0.2, -0.15) is 0 Å². The van der Waals surface area contributed by atoms with Crippen LogP contribution in [0.25, 0.3) is 0 Å². The number of rotatable bonds is 4. The predicted molar refractivity (Wildman–Crippen MR) is 87.8 cm³/mol. The van der Waals surface area contributed by atoms with Crippen molar-refractivity contribution in [2.24, 2.45) is 11.8 Å². The van der Waals surface area contributed by atoms with Crippen molar-refractivity contribution in [3.8, 4) is 0 Å². The van der Waals surface area contributed by atoms with Gasteiger partial charge in [0.15, 0.2) is 0 Å². The van der Waals surface area contributed by atoms with Crippen molar-refractivity contribution in [1.29, 1.82) is 0 Å². The van der Waals surface area contributed by atoms with Gasteiger partial charge in [0.2, 0.25) is 5.91 Å². The largest absolute Gasteiger partial charge is 0.353 e. The van der Waals surface area contributed by atoms with Gasteiger partial charge >= 0.3 is 0 Å². The molecule has 2 heterocycles. The molecule has 4 atom stereocenters. The number of carbonyl (C=O) groups is 2. The lowest BCUT2D eigenvalue weighted by Gasteiger charge is -2.44. The number of pyridine rings is 1. The average molecular weight is 315 g/mol. The molecule has 1 aliphatic carbocycles. The molecule has 2 fully saturated rings. The SMILES string of the molecule is CCCC1CC(=O)NC2CC(NC(=O)c3ccncc3)CCC12. The first-order valence-electron chi connectivity index (χ1n) is 8.67. The standard InChI is InChI=1S/C18H25N3O2/c1-2-3-13-10-17(22)21-16-11-14(4-5-15(13)16)20-18(23)12-6-8-19-9-7-12/h6-9,13-16H,2-5,10-11H2,1H3,(H,20,23)(H,21,22). The minimum atomic E-state index is -0.0527. The summed E-state index contributed by atoms with van der Waals surface area (Å²) in [5.74, 6) is 1.20. The summed E-state index contributed by atoms with van der Waals surface area (Å²) in [5, 5.41) is 6.26. The molecule has 3 rings (SSSR count). The van der Waals surface area contributed by atoms with E-state index >= 15 is 0 Å². The van der Waals surface area contributed by atoms with E-state index < -0.39 is 0 Å². The third kappa shape index (κ3) is 3.71. The summed E-state index contributed by atoms with van der Waals surface area (Å²) < 4.78 is 0. The summed E-state index contributed by atoms with van der Waals surface area (Å²) in [6.07, 6.45) is 9.10.